The molecule has 2 aromatic rings. The Labute approximate surface area is 140 Å². The third-order valence-electron chi connectivity index (χ3n) is 2.96. The van der Waals surface area contributed by atoms with Gasteiger partial charge in [-0.1, -0.05) is 46.7 Å². The quantitative estimate of drug-likeness (QED) is 0.600. The summed E-state index contributed by atoms with van der Waals surface area (Å²) in [6, 6.07) is 10.1. The molecule has 0 aliphatic heterocycles. The predicted molar refractivity (Wildman–Crippen MR) is 89.6 cm³/mol. The summed E-state index contributed by atoms with van der Waals surface area (Å²) in [6.07, 6.45) is -0.256. The molecule has 7 heteroatoms. The smallest absolute Gasteiger partial charge is 0.395 e. The number of ether oxygens (including phenoxy) is 1. The van der Waals surface area contributed by atoms with Crippen LogP contribution < -0.4 is 9.42 Å². The summed E-state index contributed by atoms with van der Waals surface area (Å²) in [7, 11) is -2.44. The molecule has 2 aromatic carbocycles. The van der Waals surface area contributed by atoms with Gasteiger partial charge < -0.3 is 9.63 Å². The first kappa shape index (κ1) is 17.7. The van der Waals surface area contributed by atoms with Gasteiger partial charge in [-0.3, -0.25) is 4.52 Å². The van der Waals surface area contributed by atoms with Gasteiger partial charge in [-0.15, -0.1) is 0 Å². The standard InChI is InChI=1S/C16H17ClNO4P/c1-10(2)21-16(19)11(3)18-23(20)22-14-9-8-12-6-4-5-7-13(12)15(14)17/h4-11H,1-3H3. The van der Waals surface area contributed by atoms with Crippen molar-refractivity contribution in [1.82, 2.24) is 0 Å². The van der Waals surface area contributed by atoms with Crippen molar-refractivity contribution in [3.8, 4) is 5.75 Å². The molecule has 0 spiro atoms. The second-order valence-corrected chi connectivity index (χ2v) is 6.47. The maximum absolute atomic E-state index is 12.0. The van der Waals surface area contributed by atoms with E-state index < -0.39 is 20.2 Å². The minimum atomic E-state index is -2.44. The van der Waals surface area contributed by atoms with E-state index in [0.717, 1.165) is 10.8 Å². The summed E-state index contributed by atoms with van der Waals surface area (Å²) in [5, 5.41) is 2.10. The van der Waals surface area contributed by atoms with Gasteiger partial charge in [0.2, 0.25) is 5.75 Å². The SMILES string of the molecule is CC(C)OC(=O)C(C)/N=[P+](\[O-])Oc1ccc2ccccc2c1Cl. The van der Waals surface area contributed by atoms with Crippen molar-refractivity contribution in [3.63, 3.8) is 0 Å². The molecule has 0 aliphatic carbocycles. The van der Waals surface area contributed by atoms with Crippen LogP contribution in [0.2, 0.25) is 5.02 Å². The first-order valence-electron chi connectivity index (χ1n) is 7.12. The zero-order valence-corrected chi connectivity index (χ0v) is 14.7. The average Bonchev–Trinajstić information content (AvgIpc) is 2.49. The lowest BCUT2D eigenvalue weighted by Gasteiger charge is -2.09. The number of hydrogen-bond acceptors (Lipinski definition) is 5. The first-order chi connectivity index (χ1) is 10.9. The highest BCUT2D eigenvalue weighted by atomic mass is 35.5. The Morgan fingerprint density at radius 1 is 1.22 bits per heavy atom. The van der Waals surface area contributed by atoms with Crippen LogP contribution >= 0.6 is 19.8 Å². The van der Waals surface area contributed by atoms with E-state index in [9.17, 15) is 9.69 Å². The molecule has 0 aliphatic rings. The second-order valence-electron chi connectivity index (χ2n) is 5.21. The van der Waals surface area contributed by atoms with Crippen molar-refractivity contribution in [2.24, 2.45) is 4.74 Å². The molecule has 0 saturated carbocycles. The molecule has 0 aromatic heterocycles. The number of halogens is 1. The van der Waals surface area contributed by atoms with E-state index in [1.54, 1.807) is 19.9 Å². The Morgan fingerprint density at radius 2 is 1.91 bits per heavy atom. The fraction of sp³-hybridized carbons (Fsp3) is 0.312. The number of hydrogen-bond donors (Lipinski definition) is 0. The van der Waals surface area contributed by atoms with Gasteiger partial charge >= 0.3 is 14.1 Å². The Hall–Kier alpha value is -1.68. The lowest BCUT2D eigenvalue weighted by Crippen LogP contribution is -2.21. The minimum Gasteiger partial charge on any atom is -0.575 e. The third-order valence-corrected chi connectivity index (χ3v) is 4.24. The van der Waals surface area contributed by atoms with Crippen molar-refractivity contribution in [2.45, 2.75) is 32.9 Å². The molecule has 0 fully saturated rings. The van der Waals surface area contributed by atoms with Crippen molar-refractivity contribution in [2.75, 3.05) is 0 Å². The molecule has 2 atom stereocenters. The Kier molecular flexibility index (Phi) is 5.94. The largest absolute Gasteiger partial charge is 0.575 e. The van der Waals surface area contributed by atoms with Crippen LogP contribution in [0, 0.1) is 0 Å². The van der Waals surface area contributed by atoms with Crippen LogP contribution in [0.5, 0.6) is 5.75 Å². The molecule has 0 radical (unpaired) electrons. The molecular weight excluding hydrogens is 337 g/mol. The van der Waals surface area contributed by atoms with Gasteiger partial charge in [0.1, 0.15) is 0 Å². The summed E-state index contributed by atoms with van der Waals surface area (Å²) in [6.45, 7) is 4.97. The Morgan fingerprint density at radius 3 is 2.61 bits per heavy atom. The van der Waals surface area contributed by atoms with Gasteiger partial charge in [-0.05, 0) is 32.2 Å². The summed E-state index contributed by atoms with van der Waals surface area (Å²) < 4.78 is 14.1. The van der Waals surface area contributed by atoms with E-state index in [1.807, 2.05) is 30.3 Å². The zero-order chi connectivity index (χ0) is 17.0. The van der Waals surface area contributed by atoms with Crippen LogP contribution in [0.3, 0.4) is 0 Å². The Bertz CT molecular complexity index is 748. The van der Waals surface area contributed by atoms with E-state index in [4.69, 9.17) is 20.9 Å². The van der Waals surface area contributed by atoms with Crippen molar-refractivity contribution in [3.05, 3.63) is 41.4 Å². The maximum Gasteiger partial charge on any atom is 0.395 e. The highest BCUT2D eigenvalue weighted by Crippen LogP contribution is 2.36. The van der Waals surface area contributed by atoms with E-state index in [2.05, 4.69) is 4.74 Å². The second kappa shape index (κ2) is 7.73. The molecule has 2 rings (SSSR count). The van der Waals surface area contributed by atoms with Crippen molar-refractivity contribution in [1.29, 1.82) is 0 Å². The average molecular weight is 354 g/mol. The van der Waals surface area contributed by atoms with Crippen LogP contribution in [0.15, 0.2) is 41.1 Å². The summed E-state index contributed by atoms with van der Waals surface area (Å²) in [5.74, 6) is -0.281. The minimum absolute atomic E-state index is 0.256. The number of nitrogens with zero attached hydrogens (tertiary/aromatic N) is 1. The van der Waals surface area contributed by atoms with E-state index in [-0.39, 0.29) is 11.9 Å². The predicted octanol–water partition coefficient (Wildman–Crippen LogP) is 4.07. The molecule has 0 amide bonds. The van der Waals surface area contributed by atoms with Gasteiger partial charge in [0, 0.05) is 5.39 Å². The van der Waals surface area contributed by atoms with Crippen LogP contribution in [0.1, 0.15) is 20.8 Å². The van der Waals surface area contributed by atoms with Gasteiger partial charge in [-0.2, -0.15) is 0 Å². The molecule has 23 heavy (non-hydrogen) atoms. The highest BCUT2D eigenvalue weighted by molar-refractivity contribution is 7.34. The first-order valence-corrected chi connectivity index (χ1v) is 8.63. The van der Waals surface area contributed by atoms with Gasteiger partial charge in [-0.25, -0.2) is 4.79 Å². The number of esters is 1. The fourth-order valence-corrected chi connectivity index (χ4v) is 2.98. The molecular formula is C16H17ClNO4P. The van der Waals surface area contributed by atoms with E-state index in [0.29, 0.717) is 5.02 Å². The Balaban J connectivity index is 2.16. The van der Waals surface area contributed by atoms with Crippen LogP contribution in [0.25, 0.3) is 10.8 Å². The lowest BCUT2D eigenvalue weighted by molar-refractivity contribution is -0.170. The third kappa shape index (κ3) is 4.64. The van der Waals surface area contributed by atoms with Gasteiger partial charge in [0.15, 0.2) is 6.04 Å². The molecule has 2 unspecified atom stereocenters. The maximum atomic E-state index is 12.0. The molecule has 0 N–H and O–H groups in total. The molecule has 5 nitrogen and oxygen atoms in total. The zero-order valence-electron chi connectivity index (χ0n) is 13.0. The number of rotatable bonds is 5. The van der Waals surface area contributed by atoms with E-state index >= 15 is 0 Å². The van der Waals surface area contributed by atoms with Gasteiger partial charge in [0.25, 0.3) is 0 Å². The summed E-state index contributed by atoms with van der Waals surface area (Å²) >= 11 is 6.27. The summed E-state index contributed by atoms with van der Waals surface area (Å²) in [4.78, 5) is 23.7. The molecule has 0 heterocycles. The lowest BCUT2D eigenvalue weighted by atomic mass is 10.1. The highest BCUT2D eigenvalue weighted by Gasteiger charge is 2.20. The number of carbonyl (C=O) groups excluding carboxylic acids is 1. The molecule has 0 saturated heterocycles. The fourth-order valence-electron chi connectivity index (χ4n) is 1.91. The normalized spacial score (nSPS) is 13.2. The molecule has 122 valence electrons. The van der Waals surface area contributed by atoms with Crippen molar-refractivity contribution < 1.29 is 18.9 Å². The number of benzene rings is 2. The topological polar surface area (TPSA) is 71.0 Å². The summed E-state index contributed by atoms with van der Waals surface area (Å²) in [5.41, 5.74) is 0. The van der Waals surface area contributed by atoms with Crippen LogP contribution in [-0.4, -0.2) is 18.1 Å². The van der Waals surface area contributed by atoms with E-state index in [1.165, 1.54) is 6.92 Å². The van der Waals surface area contributed by atoms with Gasteiger partial charge in [0.05, 0.1) is 11.1 Å². The monoisotopic (exact) mass is 353 g/mol. The van der Waals surface area contributed by atoms with Crippen LogP contribution in [-0.2, 0) is 9.53 Å². The van der Waals surface area contributed by atoms with Crippen LogP contribution in [0.4, 0.5) is 0 Å². The number of fused-ring (bicyclic) bond motifs is 1. The number of carbonyl (C=O) groups is 1. The van der Waals surface area contributed by atoms with Crippen molar-refractivity contribution >= 4 is 36.5 Å². The molecule has 0 bridgehead atoms.